The van der Waals surface area contributed by atoms with Crippen LogP contribution in [0.2, 0.25) is 5.02 Å². The third-order valence-electron chi connectivity index (χ3n) is 2.03. The molecule has 0 aliphatic heterocycles. The van der Waals surface area contributed by atoms with Gasteiger partial charge in [0.15, 0.2) is 0 Å². The van der Waals surface area contributed by atoms with Gasteiger partial charge in [0.2, 0.25) is 0 Å². The first kappa shape index (κ1) is 13.5. The lowest BCUT2D eigenvalue weighted by Crippen LogP contribution is -2.21. The van der Waals surface area contributed by atoms with Crippen molar-refractivity contribution < 1.29 is 9.53 Å². The zero-order valence-electron chi connectivity index (χ0n) is 9.70. The molecule has 7 heteroatoms. The fourth-order valence-electron chi connectivity index (χ4n) is 1.17. The summed E-state index contributed by atoms with van der Waals surface area (Å²) in [5.41, 5.74) is 0.0341. The van der Waals surface area contributed by atoms with Gasteiger partial charge in [0.1, 0.15) is 5.02 Å². The molecule has 1 aromatic rings. The van der Waals surface area contributed by atoms with Crippen molar-refractivity contribution in [2.24, 2.45) is 7.05 Å². The third kappa shape index (κ3) is 3.74. The van der Waals surface area contributed by atoms with Crippen LogP contribution in [0.15, 0.2) is 11.0 Å². The molecule has 0 radical (unpaired) electrons. The van der Waals surface area contributed by atoms with Crippen LogP contribution in [0, 0.1) is 0 Å². The molecule has 0 spiro atoms. The van der Waals surface area contributed by atoms with Crippen molar-refractivity contribution in [2.75, 3.05) is 18.5 Å². The van der Waals surface area contributed by atoms with Crippen LogP contribution < -0.4 is 10.9 Å². The van der Waals surface area contributed by atoms with Crippen molar-refractivity contribution in [3.05, 3.63) is 21.6 Å². The number of nitrogens with zero attached hydrogens (tertiary/aromatic N) is 2. The lowest BCUT2D eigenvalue weighted by Gasteiger charge is -2.07. The maximum absolute atomic E-state index is 11.4. The smallest absolute Gasteiger partial charge is 0.307 e. The minimum atomic E-state index is -0.382. The molecule has 6 nitrogen and oxygen atoms in total. The summed E-state index contributed by atoms with van der Waals surface area (Å²) in [5.74, 6) is -0.298. The molecule has 0 fully saturated rings. The summed E-state index contributed by atoms with van der Waals surface area (Å²) in [6.07, 6.45) is 1.65. The average Bonchev–Trinajstić information content (AvgIpc) is 2.29. The Morgan fingerprint density at radius 2 is 2.35 bits per heavy atom. The van der Waals surface area contributed by atoms with Crippen LogP contribution in [-0.4, -0.2) is 28.9 Å². The zero-order valence-corrected chi connectivity index (χ0v) is 10.5. The molecule has 0 saturated carbocycles. The Hall–Kier alpha value is -1.56. The van der Waals surface area contributed by atoms with E-state index in [9.17, 15) is 9.59 Å². The van der Waals surface area contributed by atoms with Gasteiger partial charge in [-0.3, -0.25) is 9.59 Å². The molecule has 0 amide bonds. The number of aryl methyl sites for hydroxylation is 1. The first-order chi connectivity index (χ1) is 8.06. The number of carbonyl (C=O) groups is 1. The van der Waals surface area contributed by atoms with Gasteiger partial charge < -0.3 is 10.1 Å². The molecule has 0 aromatic carbocycles. The Balaban J connectivity index is 2.56. The number of nitrogens with one attached hydrogen (secondary N) is 1. The maximum Gasteiger partial charge on any atom is 0.307 e. The standard InChI is InChI=1S/C10H14ClN3O3/c1-3-17-8(15)4-5-12-7-6-13-14(2)10(16)9(7)11/h6,12H,3-5H2,1-2H3. The Bertz CT molecular complexity index is 459. The Morgan fingerprint density at radius 1 is 1.65 bits per heavy atom. The number of carbonyl (C=O) groups excluding carboxylic acids is 1. The maximum atomic E-state index is 11.4. The van der Waals surface area contributed by atoms with E-state index < -0.39 is 0 Å². The number of esters is 1. The van der Waals surface area contributed by atoms with E-state index in [0.29, 0.717) is 18.8 Å². The quantitative estimate of drug-likeness (QED) is 0.792. The molecule has 0 bridgehead atoms. The van der Waals surface area contributed by atoms with Gasteiger partial charge in [-0.05, 0) is 6.92 Å². The van der Waals surface area contributed by atoms with E-state index in [2.05, 4.69) is 10.4 Å². The molecule has 1 aromatic heterocycles. The second kappa shape index (κ2) is 6.24. The van der Waals surface area contributed by atoms with E-state index >= 15 is 0 Å². The van der Waals surface area contributed by atoms with Crippen molar-refractivity contribution in [2.45, 2.75) is 13.3 Å². The van der Waals surface area contributed by atoms with Crippen LogP contribution in [0.3, 0.4) is 0 Å². The summed E-state index contributed by atoms with van der Waals surface area (Å²) in [6.45, 7) is 2.44. The topological polar surface area (TPSA) is 73.2 Å². The molecule has 94 valence electrons. The molecule has 0 aliphatic carbocycles. The van der Waals surface area contributed by atoms with Crippen LogP contribution in [0.5, 0.6) is 0 Å². The highest BCUT2D eigenvalue weighted by Crippen LogP contribution is 2.14. The molecule has 1 N–H and O–H groups in total. The molecule has 0 atom stereocenters. The number of rotatable bonds is 5. The van der Waals surface area contributed by atoms with Gasteiger partial charge in [0.05, 0.1) is 24.9 Å². The van der Waals surface area contributed by atoms with Crippen molar-refractivity contribution in [3.8, 4) is 0 Å². The van der Waals surface area contributed by atoms with E-state index in [1.54, 1.807) is 6.92 Å². The van der Waals surface area contributed by atoms with Gasteiger partial charge in [0.25, 0.3) is 5.56 Å². The van der Waals surface area contributed by atoms with Gasteiger partial charge >= 0.3 is 5.97 Å². The van der Waals surface area contributed by atoms with Crippen LogP contribution in [0.4, 0.5) is 5.69 Å². The number of ether oxygens (including phenoxy) is 1. The van der Waals surface area contributed by atoms with E-state index in [0.717, 1.165) is 4.68 Å². The van der Waals surface area contributed by atoms with Crippen molar-refractivity contribution in [3.63, 3.8) is 0 Å². The van der Waals surface area contributed by atoms with Crippen molar-refractivity contribution in [1.29, 1.82) is 0 Å². The Labute approximate surface area is 104 Å². The largest absolute Gasteiger partial charge is 0.466 e. The van der Waals surface area contributed by atoms with Gasteiger partial charge in [-0.15, -0.1) is 0 Å². The Kier molecular flexibility index (Phi) is 4.96. The monoisotopic (exact) mass is 259 g/mol. The summed E-state index contributed by atoms with van der Waals surface area (Å²) in [6, 6.07) is 0. The van der Waals surface area contributed by atoms with E-state index in [1.165, 1.54) is 13.2 Å². The molecule has 1 heterocycles. The second-order valence-electron chi connectivity index (χ2n) is 3.28. The van der Waals surface area contributed by atoms with Crippen LogP contribution in [0.25, 0.3) is 0 Å². The van der Waals surface area contributed by atoms with E-state index in [4.69, 9.17) is 16.3 Å². The highest BCUT2D eigenvalue weighted by molar-refractivity contribution is 6.32. The number of halogens is 1. The van der Waals surface area contributed by atoms with Crippen molar-refractivity contribution >= 4 is 23.3 Å². The molecule has 0 unspecified atom stereocenters. The van der Waals surface area contributed by atoms with E-state index in [-0.39, 0.29) is 23.0 Å². The normalized spacial score (nSPS) is 10.1. The van der Waals surface area contributed by atoms with Crippen LogP contribution in [0.1, 0.15) is 13.3 Å². The van der Waals surface area contributed by atoms with Gasteiger partial charge in [-0.25, -0.2) is 4.68 Å². The number of aromatic nitrogens is 2. The third-order valence-corrected chi connectivity index (χ3v) is 2.39. The van der Waals surface area contributed by atoms with Crippen LogP contribution in [-0.2, 0) is 16.6 Å². The second-order valence-corrected chi connectivity index (χ2v) is 3.66. The van der Waals surface area contributed by atoms with Crippen molar-refractivity contribution in [1.82, 2.24) is 9.78 Å². The molecule has 0 saturated heterocycles. The minimum Gasteiger partial charge on any atom is -0.466 e. The average molecular weight is 260 g/mol. The van der Waals surface area contributed by atoms with E-state index in [1.807, 2.05) is 0 Å². The minimum absolute atomic E-state index is 0.0614. The summed E-state index contributed by atoms with van der Waals surface area (Å²) < 4.78 is 5.90. The van der Waals surface area contributed by atoms with Gasteiger partial charge in [-0.1, -0.05) is 11.6 Å². The molecule has 17 heavy (non-hydrogen) atoms. The number of anilines is 1. The first-order valence-electron chi connectivity index (χ1n) is 5.17. The summed E-state index contributed by atoms with van der Waals surface area (Å²) in [7, 11) is 1.51. The summed E-state index contributed by atoms with van der Waals surface area (Å²) in [5, 5.41) is 6.74. The summed E-state index contributed by atoms with van der Waals surface area (Å²) >= 11 is 5.82. The fourth-order valence-corrected chi connectivity index (χ4v) is 1.40. The zero-order chi connectivity index (χ0) is 12.8. The number of hydrogen-bond donors (Lipinski definition) is 1. The summed E-state index contributed by atoms with van der Waals surface area (Å²) in [4.78, 5) is 22.5. The predicted octanol–water partition coefficient (Wildman–Crippen LogP) is 0.799. The Morgan fingerprint density at radius 3 is 3.00 bits per heavy atom. The number of hydrogen-bond acceptors (Lipinski definition) is 5. The SMILES string of the molecule is CCOC(=O)CCNc1cnn(C)c(=O)c1Cl. The van der Waals surface area contributed by atoms with Crippen LogP contribution >= 0.6 is 11.6 Å². The lowest BCUT2D eigenvalue weighted by molar-refractivity contribution is -0.142. The predicted molar refractivity (Wildman–Crippen MR) is 64.2 cm³/mol. The molecular weight excluding hydrogens is 246 g/mol. The highest BCUT2D eigenvalue weighted by Gasteiger charge is 2.07. The highest BCUT2D eigenvalue weighted by atomic mass is 35.5. The molecule has 0 aliphatic rings. The van der Waals surface area contributed by atoms with Gasteiger partial charge in [-0.2, -0.15) is 5.10 Å². The molecular formula is C10H14ClN3O3. The lowest BCUT2D eigenvalue weighted by atomic mass is 10.4. The molecule has 1 rings (SSSR count). The fraction of sp³-hybridized carbons (Fsp3) is 0.500. The first-order valence-corrected chi connectivity index (χ1v) is 5.55. The van der Waals surface area contributed by atoms with Gasteiger partial charge in [0, 0.05) is 13.6 Å².